The van der Waals surface area contributed by atoms with E-state index >= 15 is 0 Å². The molecular formula is C10H16IN3O. The first-order chi connectivity index (χ1) is 7.19. The predicted octanol–water partition coefficient (Wildman–Crippen LogP) is 2.01. The number of nitrogens with one attached hydrogen (secondary N) is 1. The van der Waals surface area contributed by atoms with Crippen molar-refractivity contribution in [1.82, 2.24) is 9.97 Å². The molecule has 0 aromatic carbocycles. The highest BCUT2D eigenvalue weighted by atomic mass is 127. The van der Waals surface area contributed by atoms with Gasteiger partial charge >= 0.3 is 0 Å². The number of hydrogen-bond acceptors (Lipinski definition) is 4. The first-order valence-corrected chi connectivity index (χ1v) is 6.05. The maximum atomic E-state index is 5.28. The van der Waals surface area contributed by atoms with E-state index in [1.54, 1.807) is 0 Å². The minimum absolute atomic E-state index is 0.680. The highest BCUT2D eigenvalue weighted by Crippen LogP contribution is 2.17. The monoisotopic (exact) mass is 321 g/mol. The van der Waals surface area contributed by atoms with E-state index in [1.165, 1.54) is 0 Å². The van der Waals surface area contributed by atoms with E-state index < -0.39 is 0 Å². The minimum Gasteiger partial charge on any atom is -0.381 e. The van der Waals surface area contributed by atoms with Crippen LogP contribution in [0.3, 0.4) is 0 Å². The van der Waals surface area contributed by atoms with Crippen molar-refractivity contribution in [2.45, 2.75) is 20.3 Å². The van der Waals surface area contributed by atoms with Gasteiger partial charge in [-0.25, -0.2) is 9.97 Å². The lowest BCUT2D eigenvalue weighted by Gasteiger charge is -2.08. The maximum Gasteiger partial charge on any atom is 0.143 e. The molecule has 1 N–H and O–H groups in total. The van der Waals surface area contributed by atoms with Gasteiger partial charge in [0, 0.05) is 20.1 Å². The summed E-state index contributed by atoms with van der Waals surface area (Å²) in [6.45, 7) is 5.40. The van der Waals surface area contributed by atoms with E-state index in [0.717, 1.165) is 33.9 Å². The summed E-state index contributed by atoms with van der Waals surface area (Å²) in [6.07, 6.45) is 0.764. The second kappa shape index (κ2) is 6.22. The number of rotatable bonds is 5. The van der Waals surface area contributed by atoms with Crippen molar-refractivity contribution in [2.24, 2.45) is 0 Å². The Balaban J connectivity index is 2.77. The fourth-order valence-corrected chi connectivity index (χ4v) is 1.71. The molecule has 1 rings (SSSR count). The van der Waals surface area contributed by atoms with Gasteiger partial charge < -0.3 is 10.1 Å². The van der Waals surface area contributed by atoms with Gasteiger partial charge in [0.2, 0.25) is 0 Å². The van der Waals surface area contributed by atoms with Crippen molar-refractivity contribution in [3.63, 3.8) is 0 Å². The summed E-state index contributed by atoms with van der Waals surface area (Å²) < 4.78 is 6.36. The summed E-state index contributed by atoms with van der Waals surface area (Å²) in [5.74, 6) is 1.74. The average molecular weight is 321 g/mol. The van der Waals surface area contributed by atoms with Crippen LogP contribution in [-0.4, -0.2) is 30.2 Å². The van der Waals surface area contributed by atoms with Crippen LogP contribution in [0.5, 0.6) is 0 Å². The first-order valence-electron chi connectivity index (χ1n) is 4.97. The molecule has 0 radical (unpaired) electrons. The van der Waals surface area contributed by atoms with E-state index in [9.17, 15) is 0 Å². The molecule has 0 saturated carbocycles. The van der Waals surface area contributed by atoms with Gasteiger partial charge in [0.05, 0.1) is 15.9 Å². The van der Waals surface area contributed by atoms with E-state index in [2.05, 4.69) is 37.9 Å². The van der Waals surface area contributed by atoms with Crippen LogP contribution in [0.4, 0.5) is 5.82 Å². The van der Waals surface area contributed by atoms with Crippen LogP contribution in [0.25, 0.3) is 0 Å². The zero-order valence-electron chi connectivity index (χ0n) is 9.30. The summed E-state index contributed by atoms with van der Waals surface area (Å²) in [4.78, 5) is 8.83. The molecule has 4 nitrogen and oxygen atoms in total. The molecule has 0 aliphatic rings. The minimum atomic E-state index is 0.680. The summed E-state index contributed by atoms with van der Waals surface area (Å²) in [5, 5.41) is 3.07. The molecule has 0 fully saturated rings. The molecule has 0 aliphatic carbocycles. The van der Waals surface area contributed by atoms with Crippen molar-refractivity contribution in [2.75, 3.05) is 25.6 Å². The average Bonchev–Trinajstić information content (AvgIpc) is 2.23. The second-order valence-electron chi connectivity index (χ2n) is 3.08. The number of hydrogen-bond donors (Lipinski definition) is 1. The molecular weight excluding hydrogens is 305 g/mol. The molecule has 1 heterocycles. The van der Waals surface area contributed by atoms with Gasteiger partial charge in [-0.2, -0.15) is 0 Å². The van der Waals surface area contributed by atoms with Crippen molar-refractivity contribution in [3.05, 3.63) is 15.1 Å². The van der Waals surface area contributed by atoms with Crippen LogP contribution < -0.4 is 5.32 Å². The lowest BCUT2D eigenvalue weighted by Crippen LogP contribution is -2.08. The second-order valence-corrected chi connectivity index (χ2v) is 4.16. The SMILES string of the molecule is CCOCCc1nc(C)c(I)c(NC)n1. The Kier molecular flexibility index (Phi) is 5.24. The van der Waals surface area contributed by atoms with Crippen LogP contribution in [0.15, 0.2) is 0 Å². The Morgan fingerprint density at radius 3 is 2.73 bits per heavy atom. The summed E-state index contributed by atoms with van der Waals surface area (Å²) in [6, 6.07) is 0. The molecule has 5 heteroatoms. The third-order valence-electron chi connectivity index (χ3n) is 1.97. The number of aryl methyl sites for hydroxylation is 1. The Morgan fingerprint density at radius 2 is 2.13 bits per heavy atom. The Bertz CT molecular complexity index is 331. The summed E-state index contributed by atoms with van der Waals surface area (Å²) in [5.41, 5.74) is 1.02. The smallest absolute Gasteiger partial charge is 0.143 e. The predicted molar refractivity (Wildman–Crippen MR) is 69.2 cm³/mol. The largest absolute Gasteiger partial charge is 0.381 e. The fourth-order valence-electron chi connectivity index (χ4n) is 1.20. The third-order valence-corrected chi connectivity index (χ3v) is 3.27. The molecule has 0 unspecified atom stereocenters. The quantitative estimate of drug-likeness (QED) is 0.666. The number of aromatic nitrogens is 2. The van der Waals surface area contributed by atoms with Crippen molar-refractivity contribution < 1.29 is 4.74 Å². The van der Waals surface area contributed by atoms with Crippen LogP contribution in [0.2, 0.25) is 0 Å². The van der Waals surface area contributed by atoms with Gasteiger partial charge in [0.15, 0.2) is 0 Å². The molecule has 1 aromatic rings. The van der Waals surface area contributed by atoms with Gasteiger partial charge in [-0.15, -0.1) is 0 Å². The van der Waals surface area contributed by atoms with Crippen molar-refractivity contribution in [3.8, 4) is 0 Å². The Labute approximate surface area is 104 Å². The van der Waals surface area contributed by atoms with Gasteiger partial charge in [0.25, 0.3) is 0 Å². The van der Waals surface area contributed by atoms with E-state index in [0.29, 0.717) is 6.61 Å². The van der Waals surface area contributed by atoms with E-state index in [1.807, 2.05) is 20.9 Å². The molecule has 0 saturated heterocycles. The van der Waals surface area contributed by atoms with Crippen molar-refractivity contribution >= 4 is 28.4 Å². The topological polar surface area (TPSA) is 47.0 Å². The molecule has 1 aromatic heterocycles. The number of halogens is 1. The van der Waals surface area contributed by atoms with Gasteiger partial charge in [0.1, 0.15) is 11.6 Å². The van der Waals surface area contributed by atoms with Crippen molar-refractivity contribution in [1.29, 1.82) is 0 Å². The lowest BCUT2D eigenvalue weighted by atomic mass is 10.3. The normalized spacial score (nSPS) is 10.4. The molecule has 0 spiro atoms. The summed E-state index contributed by atoms with van der Waals surface area (Å²) >= 11 is 2.25. The molecule has 0 amide bonds. The molecule has 0 bridgehead atoms. The lowest BCUT2D eigenvalue weighted by molar-refractivity contribution is 0.149. The number of anilines is 1. The molecule has 84 valence electrons. The summed E-state index contributed by atoms with van der Waals surface area (Å²) in [7, 11) is 1.87. The standard InChI is InChI=1S/C10H16IN3O/c1-4-15-6-5-8-13-7(2)9(11)10(12-3)14-8/h4-6H2,1-3H3,(H,12,13,14). The maximum absolute atomic E-state index is 5.28. The number of nitrogens with zero attached hydrogens (tertiary/aromatic N) is 2. The highest BCUT2D eigenvalue weighted by molar-refractivity contribution is 14.1. The van der Waals surface area contributed by atoms with Gasteiger partial charge in [-0.05, 0) is 36.4 Å². The Morgan fingerprint density at radius 1 is 1.40 bits per heavy atom. The first kappa shape index (κ1) is 12.6. The fraction of sp³-hybridized carbons (Fsp3) is 0.600. The van der Waals surface area contributed by atoms with Gasteiger partial charge in [-0.1, -0.05) is 0 Å². The highest BCUT2D eigenvalue weighted by Gasteiger charge is 2.07. The third kappa shape index (κ3) is 3.57. The van der Waals surface area contributed by atoms with Crippen LogP contribution in [0.1, 0.15) is 18.4 Å². The van der Waals surface area contributed by atoms with E-state index in [4.69, 9.17) is 4.74 Å². The van der Waals surface area contributed by atoms with Crippen LogP contribution in [0, 0.1) is 10.5 Å². The molecule has 15 heavy (non-hydrogen) atoms. The Hall–Kier alpha value is -0.430. The zero-order valence-corrected chi connectivity index (χ0v) is 11.5. The zero-order chi connectivity index (χ0) is 11.3. The molecule has 0 aliphatic heterocycles. The molecule has 0 atom stereocenters. The van der Waals surface area contributed by atoms with E-state index in [-0.39, 0.29) is 0 Å². The van der Waals surface area contributed by atoms with Crippen LogP contribution in [-0.2, 0) is 11.2 Å². The van der Waals surface area contributed by atoms with Gasteiger partial charge in [-0.3, -0.25) is 0 Å². The number of ether oxygens (including phenoxy) is 1. The van der Waals surface area contributed by atoms with Crippen LogP contribution >= 0.6 is 22.6 Å².